The number of fused-ring (bicyclic) bond motifs is 1. The monoisotopic (exact) mass is 530 g/mol. The van der Waals surface area contributed by atoms with Crippen molar-refractivity contribution in [2.75, 3.05) is 19.7 Å². The lowest BCUT2D eigenvalue weighted by molar-refractivity contribution is -0.757. The number of nitrogens with zero attached hydrogens (tertiary/aromatic N) is 3. The molecule has 0 spiro atoms. The van der Waals surface area contributed by atoms with Gasteiger partial charge < -0.3 is 15.3 Å². The minimum Gasteiger partial charge on any atom is -0.440 e. The summed E-state index contributed by atoms with van der Waals surface area (Å²) in [7, 11) is -3.85. The van der Waals surface area contributed by atoms with Gasteiger partial charge in [0.1, 0.15) is 6.61 Å². The van der Waals surface area contributed by atoms with E-state index in [4.69, 9.17) is 10.5 Å². The van der Waals surface area contributed by atoms with E-state index in [0.29, 0.717) is 30.3 Å². The van der Waals surface area contributed by atoms with Gasteiger partial charge in [-0.1, -0.05) is 18.2 Å². The van der Waals surface area contributed by atoms with Crippen LogP contribution in [0.2, 0.25) is 0 Å². The molecule has 0 unspecified atom stereocenters. The SMILES string of the molecule is Cc1cn(COC(=O)c2ccc(CCO[N+](=O)[O-])cc2)c(=O)c2cccc(S(=O)(=O)N3CC[C@H](N)C3)c12. The third-order valence-corrected chi connectivity index (χ3v) is 8.09. The summed E-state index contributed by atoms with van der Waals surface area (Å²) < 4.78 is 34.4. The number of sulfonamides is 1. The molecule has 0 radical (unpaired) electrons. The predicted octanol–water partition coefficient (Wildman–Crippen LogP) is 1.60. The van der Waals surface area contributed by atoms with Gasteiger partial charge in [0.05, 0.1) is 10.5 Å². The van der Waals surface area contributed by atoms with Crippen LogP contribution < -0.4 is 11.3 Å². The summed E-state index contributed by atoms with van der Waals surface area (Å²) in [5, 5.41) is 9.88. The van der Waals surface area contributed by atoms with Crippen LogP contribution in [0.1, 0.15) is 27.9 Å². The molecule has 13 heteroatoms. The number of hydrogen-bond donors (Lipinski definition) is 1. The molecule has 2 N–H and O–H groups in total. The van der Waals surface area contributed by atoms with E-state index in [2.05, 4.69) is 4.84 Å². The second-order valence-electron chi connectivity index (χ2n) is 8.74. The highest BCUT2D eigenvalue weighted by Gasteiger charge is 2.32. The molecule has 2 heterocycles. The van der Waals surface area contributed by atoms with Crippen molar-refractivity contribution in [3.8, 4) is 0 Å². The standard InChI is InChI=1S/C24H26N4O8S/c1-16-13-26(15-35-24(30)18-7-5-17(6-8-18)10-12-36-28(31)32)23(29)20-3-2-4-21(22(16)20)37(33,34)27-11-9-19(25)14-27/h2-8,13,19H,9-12,14-15,25H2,1H3/t19-/m0/s1. The Kier molecular flexibility index (Phi) is 7.57. The second-order valence-corrected chi connectivity index (χ2v) is 10.6. The smallest absolute Gasteiger partial charge is 0.339 e. The molecule has 0 bridgehead atoms. The quantitative estimate of drug-likeness (QED) is 0.246. The summed E-state index contributed by atoms with van der Waals surface area (Å²) >= 11 is 0. The Morgan fingerprint density at radius 1 is 1.22 bits per heavy atom. The van der Waals surface area contributed by atoms with Gasteiger partial charge in [0.2, 0.25) is 10.0 Å². The summed E-state index contributed by atoms with van der Waals surface area (Å²) in [5.41, 5.74) is 6.91. The number of hydrogen-bond acceptors (Lipinski definition) is 9. The second kappa shape index (κ2) is 10.7. The Morgan fingerprint density at radius 3 is 2.59 bits per heavy atom. The van der Waals surface area contributed by atoms with Crippen LogP contribution >= 0.6 is 0 Å². The number of nitrogens with two attached hydrogens (primary N) is 1. The minimum atomic E-state index is -3.85. The predicted molar refractivity (Wildman–Crippen MR) is 133 cm³/mol. The fourth-order valence-corrected chi connectivity index (χ4v) is 6.10. The van der Waals surface area contributed by atoms with Gasteiger partial charge in [-0.15, -0.1) is 10.1 Å². The van der Waals surface area contributed by atoms with Gasteiger partial charge in [-0.2, -0.15) is 4.31 Å². The number of rotatable bonds is 9. The minimum absolute atomic E-state index is 0.0431. The first-order valence-corrected chi connectivity index (χ1v) is 12.9. The number of carbonyl (C=O) groups excluding carboxylic acids is 1. The summed E-state index contributed by atoms with van der Waals surface area (Å²) in [6.07, 6.45) is 2.33. The van der Waals surface area contributed by atoms with Gasteiger partial charge in [0.25, 0.3) is 10.6 Å². The molecule has 0 saturated carbocycles. The first kappa shape index (κ1) is 26.3. The topological polar surface area (TPSA) is 164 Å². The molecule has 196 valence electrons. The van der Waals surface area contributed by atoms with E-state index < -0.39 is 26.6 Å². The van der Waals surface area contributed by atoms with E-state index in [0.717, 1.165) is 5.56 Å². The number of aromatic nitrogens is 1. The summed E-state index contributed by atoms with van der Waals surface area (Å²) in [6.45, 7) is 1.76. The first-order chi connectivity index (χ1) is 17.6. The van der Waals surface area contributed by atoms with Crippen LogP contribution in [-0.4, -0.2) is 54.1 Å². The lowest BCUT2D eigenvalue weighted by Crippen LogP contribution is -2.32. The number of aryl methyl sites for hydroxylation is 1. The van der Waals surface area contributed by atoms with Crippen molar-refractivity contribution < 1.29 is 27.9 Å². The Morgan fingerprint density at radius 2 is 1.95 bits per heavy atom. The Labute approximate surface area is 212 Å². The van der Waals surface area contributed by atoms with E-state index in [1.807, 2.05) is 0 Å². The first-order valence-electron chi connectivity index (χ1n) is 11.5. The molecule has 1 aliphatic heterocycles. The van der Waals surface area contributed by atoms with Gasteiger partial charge in [-0.05, 0) is 55.2 Å². The molecule has 0 amide bonds. The van der Waals surface area contributed by atoms with Gasteiger partial charge in [0, 0.05) is 36.1 Å². The highest BCUT2D eigenvalue weighted by Crippen LogP contribution is 2.28. The Bertz CT molecular complexity index is 1500. The highest BCUT2D eigenvalue weighted by molar-refractivity contribution is 7.89. The zero-order valence-corrected chi connectivity index (χ0v) is 20.8. The van der Waals surface area contributed by atoms with Crippen molar-refractivity contribution in [3.05, 3.63) is 85.8 Å². The van der Waals surface area contributed by atoms with Crippen molar-refractivity contribution in [1.29, 1.82) is 0 Å². The van der Waals surface area contributed by atoms with E-state index in [9.17, 15) is 28.1 Å². The van der Waals surface area contributed by atoms with E-state index >= 15 is 0 Å². The molecule has 1 aliphatic rings. The van der Waals surface area contributed by atoms with Crippen molar-refractivity contribution in [3.63, 3.8) is 0 Å². The van der Waals surface area contributed by atoms with Crippen molar-refractivity contribution in [1.82, 2.24) is 8.87 Å². The molecule has 1 fully saturated rings. The largest absolute Gasteiger partial charge is 0.440 e. The number of ether oxygens (including phenoxy) is 1. The summed E-state index contributed by atoms with van der Waals surface area (Å²) in [4.78, 5) is 40.2. The van der Waals surface area contributed by atoms with Crippen LogP contribution in [0.5, 0.6) is 0 Å². The van der Waals surface area contributed by atoms with Crippen LogP contribution in [0.3, 0.4) is 0 Å². The van der Waals surface area contributed by atoms with E-state index in [1.54, 1.807) is 25.1 Å². The van der Waals surface area contributed by atoms with E-state index in [1.165, 1.54) is 39.3 Å². The number of benzene rings is 2. The summed E-state index contributed by atoms with van der Waals surface area (Å²) in [6, 6.07) is 10.6. The molecule has 3 aromatic rings. The van der Waals surface area contributed by atoms with Crippen LogP contribution in [0.25, 0.3) is 10.8 Å². The third-order valence-electron chi connectivity index (χ3n) is 6.18. The fourth-order valence-electron chi connectivity index (χ4n) is 4.31. The maximum absolute atomic E-state index is 13.3. The highest BCUT2D eigenvalue weighted by atomic mass is 32.2. The Balaban J connectivity index is 1.52. The molecular weight excluding hydrogens is 504 g/mol. The molecular formula is C24H26N4O8S. The molecule has 1 atom stereocenters. The molecule has 1 saturated heterocycles. The van der Waals surface area contributed by atoms with Crippen LogP contribution in [0.4, 0.5) is 0 Å². The fraction of sp³-hybridized carbons (Fsp3) is 0.333. The van der Waals surface area contributed by atoms with Crippen molar-refractivity contribution in [2.24, 2.45) is 5.73 Å². The molecule has 1 aromatic heterocycles. The lowest BCUT2D eigenvalue weighted by Gasteiger charge is -2.19. The maximum Gasteiger partial charge on any atom is 0.339 e. The van der Waals surface area contributed by atoms with Gasteiger partial charge in [0.15, 0.2) is 6.73 Å². The van der Waals surface area contributed by atoms with Gasteiger partial charge >= 0.3 is 5.97 Å². The van der Waals surface area contributed by atoms with Crippen LogP contribution in [0.15, 0.2) is 58.4 Å². The van der Waals surface area contributed by atoms with Crippen LogP contribution in [-0.2, 0) is 32.7 Å². The average Bonchev–Trinajstić information content (AvgIpc) is 3.32. The van der Waals surface area contributed by atoms with Gasteiger partial charge in [-0.25, -0.2) is 13.2 Å². The normalized spacial score (nSPS) is 16.1. The molecule has 37 heavy (non-hydrogen) atoms. The zero-order chi connectivity index (χ0) is 26.7. The lowest BCUT2D eigenvalue weighted by atomic mass is 10.1. The van der Waals surface area contributed by atoms with Crippen molar-refractivity contribution >= 4 is 26.8 Å². The maximum atomic E-state index is 13.3. The molecule has 4 rings (SSSR count). The van der Waals surface area contributed by atoms with Gasteiger partial charge in [-0.3, -0.25) is 9.36 Å². The molecule has 2 aromatic carbocycles. The number of pyridine rings is 1. The van der Waals surface area contributed by atoms with Crippen LogP contribution in [0, 0.1) is 17.0 Å². The number of esters is 1. The van der Waals surface area contributed by atoms with Crippen molar-refractivity contribution in [2.45, 2.75) is 37.4 Å². The zero-order valence-electron chi connectivity index (χ0n) is 20.0. The number of carbonyl (C=O) groups is 1. The Hall–Kier alpha value is -3.81. The molecule has 0 aliphatic carbocycles. The average molecular weight is 531 g/mol. The van der Waals surface area contributed by atoms with E-state index in [-0.39, 0.29) is 41.8 Å². The molecule has 12 nitrogen and oxygen atoms in total. The summed E-state index contributed by atoms with van der Waals surface area (Å²) in [5.74, 6) is -0.667. The third kappa shape index (κ3) is 5.63.